The van der Waals surface area contributed by atoms with E-state index in [1.807, 2.05) is 0 Å². The summed E-state index contributed by atoms with van der Waals surface area (Å²) in [6.07, 6.45) is 7.48. The Bertz CT molecular complexity index is 325. The van der Waals surface area contributed by atoms with Crippen LogP contribution in [0.1, 0.15) is 45.4 Å². The van der Waals surface area contributed by atoms with Crippen molar-refractivity contribution in [1.29, 1.82) is 0 Å². The van der Waals surface area contributed by atoms with E-state index in [0.29, 0.717) is 26.4 Å². The van der Waals surface area contributed by atoms with E-state index in [1.165, 1.54) is 32.1 Å². The van der Waals surface area contributed by atoms with Crippen LogP contribution in [0.4, 0.5) is 0 Å². The normalized spacial score (nSPS) is 11.4. The molecule has 0 amide bonds. The number of ether oxygens (including phenoxy) is 3. The molecule has 0 aliphatic heterocycles. The average molecular weight is 364 g/mol. The Morgan fingerprint density at radius 3 is 1.65 bits per heavy atom. The van der Waals surface area contributed by atoms with Crippen molar-refractivity contribution >= 4 is 10.4 Å². The summed E-state index contributed by atoms with van der Waals surface area (Å²) in [5.41, 5.74) is 0. The van der Waals surface area contributed by atoms with Crippen LogP contribution in [0, 0.1) is 0 Å². The summed E-state index contributed by atoms with van der Waals surface area (Å²) in [6, 6.07) is 0. The molecule has 0 rings (SSSR count). The molecular formula is C14H29NaO7S. The van der Waals surface area contributed by atoms with Crippen LogP contribution in [0.5, 0.6) is 0 Å². The molecule has 0 aliphatic carbocycles. The standard InChI is InChI=1S/C14H30O7S.Na/c1-2-3-4-5-6-7-8-18-9-10-19-11-12-20-13-14-21-22(15,16)17;/h2-14H2,1H3,(H,15,16,17);/q;+1/p-1. The van der Waals surface area contributed by atoms with Gasteiger partial charge in [0.2, 0.25) is 10.4 Å². The minimum atomic E-state index is -4.62. The topological polar surface area (TPSA) is 94.1 Å². The van der Waals surface area contributed by atoms with Gasteiger partial charge in [0.1, 0.15) is 0 Å². The van der Waals surface area contributed by atoms with Crippen LogP contribution in [0.2, 0.25) is 0 Å². The molecule has 0 heterocycles. The minimum absolute atomic E-state index is 0. The van der Waals surface area contributed by atoms with Gasteiger partial charge in [-0.1, -0.05) is 39.0 Å². The summed E-state index contributed by atoms with van der Waals surface area (Å²) >= 11 is 0. The summed E-state index contributed by atoms with van der Waals surface area (Å²) in [7, 11) is -4.62. The monoisotopic (exact) mass is 364 g/mol. The molecule has 0 saturated heterocycles. The number of hydrogen-bond donors (Lipinski definition) is 0. The zero-order chi connectivity index (χ0) is 16.5. The second-order valence-electron chi connectivity index (χ2n) is 4.84. The van der Waals surface area contributed by atoms with Crippen LogP contribution in [-0.2, 0) is 28.8 Å². The molecule has 0 atom stereocenters. The Balaban J connectivity index is 0. The molecule has 0 unspecified atom stereocenters. The first-order valence-electron chi connectivity index (χ1n) is 7.89. The number of hydrogen-bond acceptors (Lipinski definition) is 7. The van der Waals surface area contributed by atoms with Crippen LogP contribution in [0.25, 0.3) is 0 Å². The zero-order valence-electron chi connectivity index (χ0n) is 14.5. The Morgan fingerprint density at radius 2 is 1.13 bits per heavy atom. The molecule has 0 saturated carbocycles. The maximum Gasteiger partial charge on any atom is 1.00 e. The first kappa shape index (κ1) is 26.0. The molecule has 0 aromatic heterocycles. The van der Waals surface area contributed by atoms with Gasteiger partial charge in [-0.3, -0.25) is 4.18 Å². The summed E-state index contributed by atoms with van der Waals surface area (Å²) in [5.74, 6) is 0. The van der Waals surface area contributed by atoms with Crippen molar-refractivity contribution in [2.75, 3.05) is 46.2 Å². The van der Waals surface area contributed by atoms with Crippen molar-refractivity contribution in [2.45, 2.75) is 45.4 Å². The van der Waals surface area contributed by atoms with Crippen molar-refractivity contribution in [3.05, 3.63) is 0 Å². The van der Waals surface area contributed by atoms with Gasteiger partial charge < -0.3 is 18.8 Å². The fourth-order valence-electron chi connectivity index (χ4n) is 1.72. The van der Waals surface area contributed by atoms with Gasteiger partial charge in [0.15, 0.2) is 0 Å². The van der Waals surface area contributed by atoms with Crippen LogP contribution in [0.3, 0.4) is 0 Å². The van der Waals surface area contributed by atoms with Gasteiger partial charge in [0.05, 0.1) is 39.6 Å². The Morgan fingerprint density at radius 1 is 0.696 bits per heavy atom. The van der Waals surface area contributed by atoms with Crippen LogP contribution in [-0.4, -0.2) is 59.2 Å². The molecule has 0 fully saturated rings. The fourth-order valence-corrected chi connectivity index (χ4v) is 1.99. The first-order chi connectivity index (χ1) is 10.6. The van der Waals surface area contributed by atoms with Gasteiger partial charge in [-0.15, -0.1) is 0 Å². The Kier molecular flexibility index (Phi) is 21.6. The first-order valence-corrected chi connectivity index (χ1v) is 9.23. The SMILES string of the molecule is CCCCCCCCOCCOCCOCCOS(=O)(=O)[O-].[Na+]. The summed E-state index contributed by atoms with van der Waals surface area (Å²) in [6.45, 7) is 4.53. The predicted molar refractivity (Wildman–Crippen MR) is 81.5 cm³/mol. The average Bonchev–Trinajstić information content (AvgIpc) is 2.45. The molecule has 0 bridgehead atoms. The molecule has 0 radical (unpaired) electrons. The van der Waals surface area contributed by atoms with Gasteiger partial charge in [-0.25, -0.2) is 8.42 Å². The molecule has 9 heteroatoms. The Labute approximate surface area is 162 Å². The molecule has 0 aromatic rings. The van der Waals surface area contributed by atoms with Gasteiger partial charge in [0, 0.05) is 6.61 Å². The molecule has 0 aromatic carbocycles. The minimum Gasteiger partial charge on any atom is -0.726 e. The van der Waals surface area contributed by atoms with E-state index >= 15 is 0 Å². The van der Waals surface area contributed by atoms with Crippen LogP contribution >= 0.6 is 0 Å². The third-order valence-electron chi connectivity index (χ3n) is 2.84. The van der Waals surface area contributed by atoms with E-state index in [1.54, 1.807) is 0 Å². The van der Waals surface area contributed by atoms with E-state index in [0.717, 1.165) is 13.0 Å². The Hall–Kier alpha value is 0.750. The smallest absolute Gasteiger partial charge is 0.726 e. The van der Waals surface area contributed by atoms with E-state index in [9.17, 15) is 13.0 Å². The van der Waals surface area contributed by atoms with Crippen molar-refractivity contribution in [1.82, 2.24) is 0 Å². The van der Waals surface area contributed by atoms with E-state index in [2.05, 4.69) is 11.1 Å². The maximum absolute atomic E-state index is 10.1. The molecule has 23 heavy (non-hydrogen) atoms. The van der Waals surface area contributed by atoms with Crippen LogP contribution < -0.4 is 29.6 Å². The van der Waals surface area contributed by atoms with Gasteiger partial charge >= 0.3 is 29.6 Å². The summed E-state index contributed by atoms with van der Waals surface area (Å²) < 4.78 is 50.0. The second-order valence-corrected chi connectivity index (χ2v) is 5.89. The molecular weight excluding hydrogens is 335 g/mol. The predicted octanol–water partition coefficient (Wildman–Crippen LogP) is -1.12. The van der Waals surface area contributed by atoms with Crippen molar-refractivity contribution < 1.29 is 60.9 Å². The van der Waals surface area contributed by atoms with Crippen molar-refractivity contribution in [3.8, 4) is 0 Å². The summed E-state index contributed by atoms with van der Waals surface area (Å²) in [5, 5.41) is 0. The molecule has 0 spiro atoms. The molecule has 0 N–H and O–H groups in total. The van der Waals surface area contributed by atoms with Crippen LogP contribution in [0.15, 0.2) is 0 Å². The third-order valence-corrected chi connectivity index (χ3v) is 3.30. The van der Waals surface area contributed by atoms with E-state index in [-0.39, 0.29) is 42.8 Å². The van der Waals surface area contributed by atoms with Gasteiger partial charge in [-0.2, -0.15) is 0 Å². The van der Waals surface area contributed by atoms with Gasteiger partial charge in [0.25, 0.3) is 0 Å². The van der Waals surface area contributed by atoms with E-state index in [4.69, 9.17) is 14.2 Å². The fraction of sp³-hybridized carbons (Fsp3) is 1.00. The third kappa shape index (κ3) is 25.1. The number of unbranched alkanes of at least 4 members (excludes halogenated alkanes) is 5. The molecule has 134 valence electrons. The van der Waals surface area contributed by atoms with Crippen molar-refractivity contribution in [2.24, 2.45) is 0 Å². The zero-order valence-corrected chi connectivity index (χ0v) is 17.3. The largest absolute Gasteiger partial charge is 1.00 e. The molecule has 0 aliphatic rings. The van der Waals surface area contributed by atoms with Gasteiger partial charge in [-0.05, 0) is 6.42 Å². The molecule has 7 nitrogen and oxygen atoms in total. The maximum atomic E-state index is 10.1. The number of rotatable bonds is 17. The quantitative estimate of drug-likeness (QED) is 0.140. The second kappa shape index (κ2) is 19.1. The van der Waals surface area contributed by atoms with Crippen molar-refractivity contribution in [3.63, 3.8) is 0 Å². The van der Waals surface area contributed by atoms with E-state index < -0.39 is 10.4 Å². The summed E-state index contributed by atoms with van der Waals surface area (Å²) in [4.78, 5) is 0.